The molecule has 0 aliphatic carbocycles. The monoisotopic (exact) mass is 191 g/mol. The molecule has 0 saturated heterocycles. The number of fused-ring (bicyclic) bond motifs is 1. The zero-order valence-corrected chi connectivity index (χ0v) is 8.19. The van der Waals surface area contributed by atoms with Crippen LogP contribution >= 0.6 is 0 Å². The average molecular weight is 191 g/mol. The van der Waals surface area contributed by atoms with Crippen LogP contribution in [0.5, 0.6) is 0 Å². The molecule has 1 aliphatic rings. The highest BCUT2D eigenvalue weighted by molar-refractivity contribution is 5.94. The van der Waals surface area contributed by atoms with E-state index < -0.39 is 0 Å². The molecule has 0 radical (unpaired) electrons. The Balaban J connectivity index is 2.36. The number of anilines is 1. The Bertz CT molecular complexity index is 349. The number of carbonyl (C=O) groups is 1. The summed E-state index contributed by atoms with van der Waals surface area (Å²) in [4.78, 5) is 16.9. The molecule has 1 amide bonds. The topological polar surface area (TPSA) is 29.5 Å². The maximum Gasteiger partial charge on any atom is 0.251 e. The molecule has 3 nitrogen and oxygen atoms in total. The van der Waals surface area contributed by atoms with Crippen molar-refractivity contribution in [2.24, 2.45) is 0 Å². The van der Waals surface area contributed by atoms with E-state index in [2.05, 4.69) is 0 Å². The molecule has 0 saturated carbocycles. The van der Waals surface area contributed by atoms with Gasteiger partial charge in [0.2, 0.25) is 0 Å². The van der Waals surface area contributed by atoms with Crippen molar-refractivity contribution in [3.63, 3.8) is 0 Å². The molecule has 1 aliphatic heterocycles. The molecule has 74 valence electrons. The zero-order chi connectivity index (χ0) is 9.97. The largest absolute Gasteiger partial charge is 0.272 e. The first-order valence-corrected chi connectivity index (χ1v) is 4.86. The van der Waals surface area contributed by atoms with Gasteiger partial charge in [-0.05, 0) is 25.0 Å². The first-order chi connectivity index (χ1) is 6.83. The fourth-order valence-corrected chi connectivity index (χ4v) is 1.67. The lowest BCUT2D eigenvalue weighted by atomic mass is 10.0. The second-order valence-corrected chi connectivity index (χ2v) is 3.23. The van der Waals surface area contributed by atoms with Gasteiger partial charge < -0.3 is 0 Å². The Labute approximate surface area is 83.2 Å². The minimum atomic E-state index is 0.0468. The number of rotatable bonds is 2. The maximum atomic E-state index is 11.5. The number of hydrogen-bond donors (Lipinski definition) is 0. The maximum absolute atomic E-state index is 11.5. The van der Waals surface area contributed by atoms with Crippen LogP contribution in [0.4, 0.5) is 5.69 Å². The smallest absolute Gasteiger partial charge is 0.251 e. The van der Waals surface area contributed by atoms with Crippen molar-refractivity contribution in [3.8, 4) is 0 Å². The van der Waals surface area contributed by atoms with Gasteiger partial charge in [0.15, 0.2) is 0 Å². The van der Waals surface area contributed by atoms with Crippen molar-refractivity contribution in [2.45, 2.75) is 19.8 Å². The van der Waals surface area contributed by atoms with E-state index in [0.717, 1.165) is 12.1 Å². The molecular weight excluding hydrogens is 178 g/mol. The minimum absolute atomic E-state index is 0.0468. The number of para-hydroxylation sites is 1. The first-order valence-electron chi connectivity index (χ1n) is 4.86. The molecule has 2 rings (SSSR count). The van der Waals surface area contributed by atoms with Gasteiger partial charge in [-0.3, -0.25) is 9.63 Å². The van der Waals surface area contributed by atoms with Crippen LogP contribution in [0, 0.1) is 0 Å². The summed E-state index contributed by atoms with van der Waals surface area (Å²) >= 11 is 0. The van der Waals surface area contributed by atoms with E-state index >= 15 is 0 Å². The lowest BCUT2D eigenvalue weighted by molar-refractivity contribution is -0.126. The highest BCUT2D eigenvalue weighted by atomic mass is 16.7. The van der Waals surface area contributed by atoms with Gasteiger partial charge in [0.1, 0.15) is 0 Å². The summed E-state index contributed by atoms with van der Waals surface area (Å²) in [5, 5.41) is 1.42. The van der Waals surface area contributed by atoms with Gasteiger partial charge >= 0.3 is 0 Å². The Hall–Kier alpha value is -1.35. The highest BCUT2D eigenvalue weighted by Gasteiger charge is 2.23. The van der Waals surface area contributed by atoms with E-state index in [1.807, 2.05) is 31.2 Å². The zero-order valence-electron chi connectivity index (χ0n) is 8.19. The van der Waals surface area contributed by atoms with E-state index in [9.17, 15) is 4.79 Å². The third-order valence-corrected chi connectivity index (χ3v) is 2.30. The molecule has 0 atom stereocenters. The Morgan fingerprint density at radius 3 is 2.93 bits per heavy atom. The summed E-state index contributed by atoms with van der Waals surface area (Å²) in [6.45, 7) is 2.39. The summed E-state index contributed by atoms with van der Waals surface area (Å²) in [6, 6.07) is 7.86. The number of hydroxylamine groups is 1. The SMILES string of the molecule is CCON1C(=O)CCc2ccccc21. The molecule has 3 heteroatoms. The van der Waals surface area contributed by atoms with E-state index in [4.69, 9.17) is 4.84 Å². The van der Waals surface area contributed by atoms with E-state index in [-0.39, 0.29) is 5.91 Å². The molecule has 14 heavy (non-hydrogen) atoms. The molecule has 1 heterocycles. The molecule has 1 aromatic carbocycles. The molecule has 0 spiro atoms. The predicted molar refractivity (Wildman–Crippen MR) is 53.9 cm³/mol. The third kappa shape index (κ3) is 1.51. The van der Waals surface area contributed by atoms with E-state index in [1.54, 1.807) is 0 Å². The van der Waals surface area contributed by atoms with E-state index in [1.165, 1.54) is 10.6 Å². The lowest BCUT2D eigenvalue weighted by Gasteiger charge is -2.27. The Kier molecular flexibility index (Phi) is 2.50. The summed E-state index contributed by atoms with van der Waals surface area (Å²) in [5.41, 5.74) is 2.08. The molecule has 0 unspecified atom stereocenters. The number of nitrogens with zero attached hydrogens (tertiary/aromatic N) is 1. The molecule has 0 N–H and O–H groups in total. The number of carbonyl (C=O) groups excluding carboxylic acids is 1. The van der Waals surface area contributed by atoms with Crippen LogP contribution in [0.3, 0.4) is 0 Å². The predicted octanol–water partition coefficient (Wildman–Crippen LogP) is 1.92. The number of benzene rings is 1. The standard InChI is InChI=1S/C11H13NO2/c1-2-14-12-10-6-4-3-5-9(10)7-8-11(12)13/h3-6H,2,7-8H2,1H3. The van der Waals surface area contributed by atoms with Gasteiger partial charge in [0, 0.05) is 6.42 Å². The van der Waals surface area contributed by atoms with Crippen LogP contribution < -0.4 is 5.06 Å². The summed E-state index contributed by atoms with van der Waals surface area (Å²) in [5.74, 6) is 0.0468. The highest BCUT2D eigenvalue weighted by Crippen LogP contribution is 2.27. The normalized spacial score (nSPS) is 15.5. The van der Waals surface area contributed by atoms with Crippen molar-refractivity contribution in [1.29, 1.82) is 0 Å². The van der Waals surface area contributed by atoms with Gasteiger partial charge in [-0.15, -0.1) is 0 Å². The average Bonchev–Trinajstić information content (AvgIpc) is 2.23. The summed E-state index contributed by atoms with van der Waals surface area (Å²) < 4.78 is 0. The Morgan fingerprint density at radius 1 is 1.36 bits per heavy atom. The quantitative estimate of drug-likeness (QED) is 0.714. The van der Waals surface area contributed by atoms with Crippen LogP contribution in [0.15, 0.2) is 24.3 Å². The van der Waals surface area contributed by atoms with Crippen LogP contribution in [0.25, 0.3) is 0 Å². The second-order valence-electron chi connectivity index (χ2n) is 3.23. The molecular formula is C11H13NO2. The van der Waals surface area contributed by atoms with Crippen LogP contribution in [0.2, 0.25) is 0 Å². The van der Waals surface area contributed by atoms with Gasteiger partial charge in [0.25, 0.3) is 5.91 Å². The first kappa shape index (κ1) is 9.21. The van der Waals surface area contributed by atoms with Crippen molar-refractivity contribution in [1.82, 2.24) is 0 Å². The van der Waals surface area contributed by atoms with Gasteiger partial charge in [0.05, 0.1) is 12.3 Å². The second kappa shape index (κ2) is 3.80. The molecule has 1 aromatic rings. The van der Waals surface area contributed by atoms with Gasteiger partial charge in [-0.1, -0.05) is 18.2 Å². The van der Waals surface area contributed by atoms with Crippen molar-refractivity contribution in [2.75, 3.05) is 11.7 Å². The number of amides is 1. The number of aryl methyl sites for hydroxylation is 1. The third-order valence-electron chi connectivity index (χ3n) is 2.30. The van der Waals surface area contributed by atoms with Gasteiger partial charge in [-0.25, -0.2) is 0 Å². The van der Waals surface area contributed by atoms with Crippen LogP contribution in [-0.2, 0) is 16.1 Å². The van der Waals surface area contributed by atoms with E-state index in [0.29, 0.717) is 13.0 Å². The van der Waals surface area contributed by atoms with Crippen molar-refractivity contribution >= 4 is 11.6 Å². The fourth-order valence-electron chi connectivity index (χ4n) is 1.67. The molecule has 0 bridgehead atoms. The van der Waals surface area contributed by atoms with Crippen LogP contribution in [-0.4, -0.2) is 12.5 Å². The number of hydrogen-bond acceptors (Lipinski definition) is 2. The molecule has 0 fully saturated rings. The van der Waals surface area contributed by atoms with Crippen molar-refractivity contribution < 1.29 is 9.63 Å². The van der Waals surface area contributed by atoms with Crippen molar-refractivity contribution in [3.05, 3.63) is 29.8 Å². The Morgan fingerprint density at radius 2 is 2.14 bits per heavy atom. The van der Waals surface area contributed by atoms with Crippen LogP contribution in [0.1, 0.15) is 18.9 Å². The summed E-state index contributed by atoms with van der Waals surface area (Å²) in [6.07, 6.45) is 1.36. The minimum Gasteiger partial charge on any atom is -0.272 e. The van der Waals surface area contributed by atoms with Gasteiger partial charge in [-0.2, -0.15) is 5.06 Å². The fraction of sp³-hybridized carbons (Fsp3) is 0.364. The molecule has 0 aromatic heterocycles. The lowest BCUT2D eigenvalue weighted by Crippen LogP contribution is -2.35. The summed E-state index contributed by atoms with van der Waals surface area (Å²) in [7, 11) is 0.